The lowest BCUT2D eigenvalue weighted by molar-refractivity contribution is -0.113. The van der Waals surface area contributed by atoms with Crippen LogP contribution in [0.25, 0.3) is 22.6 Å². The van der Waals surface area contributed by atoms with Gasteiger partial charge >= 0.3 is 0 Å². The van der Waals surface area contributed by atoms with Gasteiger partial charge in [-0.05, 0) is 44.9 Å². The SMILES string of the molecule is CCn1c(SCC(=O)Nc2nc(-c3ccc(C)c(C)c3)cs2)nnc1-c1ccc(C)cc1. The first-order valence-electron chi connectivity index (χ1n) is 10.4. The Bertz CT molecular complexity index is 1240. The molecule has 0 radical (unpaired) electrons. The van der Waals surface area contributed by atoms with Gasteiger partial charge in [-0.3, -0.25) is 4.79 Å². The lowest BCUT2D eigenvalue weighted by Crippen LogP contribution is -2.14. The third kappa shape index (κ3) is 4.92. The molecular formula is C24H25N5OS2. The van der Waals surface area contributed by atoms with E-state index in [0.717, 1.165) is 34.3 Å². The van der Waals surface area contributed by atoms with Crippen LogP contribution in [0.4, 0.5) is 5.13 Å². The number of hydrogen-bond acceptors (Lipinski definition) is 6. The Morgan fingerprint density at radius 1 is 1.03 bits per heavy atom. The predicted molar refractivity (Wildman–Crippen MR) is 132 cm³/mol. The lowest BCUT2D eigenvalue weighted by atomic mass is 10.1. The fourth-order valence-corrected chi connectivity index (χ4v) is 4.78. The maximum atomic E-state index is 12.5. The monoisotopic (exact) mass is 463 g/mol. The summed E-state index contributed by atoms with van der Waals surface area (Å²) in [5.74, 6) is 0.941. The van der Waals surface area contributed by atoms with E-state index in [1.807, 2.05) is 22.1 Å². The fourth-order valence-electron chi connectivity index (χ4n) is 3.25. The molecule has 2 aromatic heterocycles. The van der Waals surface area contributed by atoms with E-state index in [4.69, 9.17) is 0 Å². The average Bonchev–Trinajstić information content (AvgIpc) is 3.41. The molecule has 6 nitrogen and oxygen atoms in total. The molecule has 0 saturated heterocycles. The first-order valence-corrected chi connectivity index (χ1v) is 12.3. The molecule has 1 amide bonds. The second-order valence-electron chi connectivity index (χ2n) is 7.59. The van der Waals surface area contributed by atoms with Crippen molar-refractivity contribution >= 4 is 34.1 Å². The Kier molecular flexibility index (Phi) is 6.72. The van der Waals surface area contributed by atoms with Crippen LogP contribution in [0.1, 0.15) is 23.6 Å². The number of carbonyl (C=O) groups is 1. The van der Waals surface area contributed by atoms with Crippen LogP contribution in [-0.2, 0) is 11.3 Å². The topological polar surface area (TPSA) is 72.7 Å². The second-order valence-corrected chi connectivity index (χ2v) is 9.39. The Balaban J connectivity index is 1.40. The molecule has 164 valence electrons. The summed E-state index contributed by atoms with van der Waals surface area (Å²) in [5, 5.41) is 14.9. The highest BCUT2D eigenvalue weighted by Gasteiger charge is 2.15. The van der Waals surface area contributed by atoms with Crippen molar-refractivity contribution < 1.29 is 4.79 Å². The minimum Gasteiger partial charge on any atom is -0.302 e. The molecule has 0 aliphatic heterocycles. The number of nitrogens with zero attached hydrogens (tertiary/aromatic N) is 4. The van der Waals surface area contributed by atoms with Gasteiger partial charge in [0.2, 0.25) is 5.91 Å². The molecule has 0 atom stereocenters. The van der Waals surface area contributed by atoms with Gasteiger partial charge in [-0.15, -0.1) is 21.5 Å². The second kappa shape index (κ2) is 9.67. The first kappa shape index (κ1) is 22.2. The van der Waals surface area contributed by atoms with Crippen LogP contribution < -0.4 is 5.32 Å². The third-order valence-corrected chi connectivity index (χ3v) is 6.95. The van der Waals surface area contributed by atoms with Crippen LogP contribution in [0.2, 0.25) is 0 Å². The van der Waals surface area contributed by atoms with Crippen molar-refractivity contribution in [3.05, 3.63) is 64.5 Å². The molecule has 1 N–H and O–H groups in total. The molecule has 4 aromatic rings. The molecule has 4 rings (SSSR count). The standard InChI is InChI=1S/C24H25N5OS2/c1-5-29-22(18-9-6-15(2)7-10-18)27-28-24(29)32-14-21(30)26-23-25-20(13-31-23)19-11-8-16(3)17(4)12-19/h6-13H,5,14H2,1-4H3,(H,25,26,30). The van der Waals surface area contributed by atoms with Crippen LogP contribution >= 0.6 is 23.1 Å². The number of aromatic nitrogens is 4. The quantitative estimate of drug-likeness (QED) is 0.354. The van der Waals surface area contributed by atoms with Crippen molar-refractivity contribution in [3.8, 4) is 22.6 Å². The summed E-state index contributed by atoms with van der Waals surface area (Å²) in [5.41, 5.74) is 6.62. The van der Waals surface area contributed by atoms with Crippen LogP contribution in [0.3, 0.4) is 0 Å². The molecule has 0 spiro atoms. The van der Waals surface area contributed by atoms with Crippen molar-refractivity contribution in [3.63, 3.8) is 0 Å². The predicted octanol–water partition coefficient (Wildman–Crippen LogP) is 5.74. The zero-order valence-corrected chi connectivity index (χ0v) is 20.2. The number of thiazole rings is 1. The van der Waals surface area contributed by atoms with Gasteiger partial charge in [-0.25, -0.2) is 4.98 Å². The minimum absolute atomic E-state index is 0.112. The van der Waals surface area contributed by atoms with Gasteiger partial charge in [0.1, 0.15) is 0 Å². The van der Waals surface area contributed by atoms with E-state index in [1.165, 1.54) is 39.8 Å². The molecule has 0 bridgehead atoms. The number of benzene rings is 2. The largest absolute Gasteiger partial charge is 0.302 e. The number of thioether (sulfide) groups is 1. The van der Waals surface area contributed by atoms with E-state index in [-0.39, 0.29) is 11.7 Å². The van der Waals surface area contributed by atoms with E-state index in [9.17, 15) is 4.79 Å². The molecule has 0 saturated carbocycles. The van der Waals surface area contributed by atoms with Crippen molar-refractivity contribution in [2.75, 3.05) is 11.1 Å². The average molecular weight is 464 g/mol. The maximum Gasteiger partial charge on any atom is 0.236 e. The summed E-state index contributed by atoms with van der Waals surface area (Å²) in [4.78, 5) is 17.1. The summed E-state index contributed by atoms with van der Waals surface area (Å²) >= 11 is 2.81. The first-order chi connectivity index (χ1) is 15.4. The van der Waals surface area contributed by atoms with Crippen molar-refractivity contribution in [2.24, 2.45) is 0 Å². The Morgan fingerprint density at radius 2 is 1.78 bits per heavy atom. The zero-order valence-electron chi connectivity index (χ0n) is 18.5. The summed E-state index contributed by atoms with van der Waals surface area (Å²) in [6, 6.07) is 14.5. The lowest BCUT2D eigenvalue weighted by Gasteiger charge is -2.07. The van der Waals surface area contributed by atoms with Gasteiger partial charge in [0.25, 0.3) is 0 Å². The fraction of sp³-hybridized carbons (Fsp3) is 0.250. The maximum absolute atomic E-state index is 12.5. The van der Waals surface area contributed by atoms with Crippen LogP contribution in [0, 0.1) is 20.8 Å². The number of amides is 1. The number of anilines is 1. The molecular weight excluding hydrogens is 438 g/mol. The van der Waals surface area contributed by atoms with E-state index < -0.39 is 0 Å². The third-order valence-electron chi connectivity index (χ3n) is 5.23. The number of rotatable bonds is 7. The highest BCUT2D eigenvalue weighted by Crippen LogP contribution is 2.27. The Labute approximate surface area is 196 Å². The number of carbonyl (C=O) groups excluding carboxylic acids is 1. The molecule has 2 aromatic carbocycles. The number of nitrogens with one attached hydrogen (secondary N) is 1. The van der Waals surface area contributed by atoms with Crippen molar-refractivity contribution in [1.82, 2.24) is 19.7 Å². The molecule has 32 heavy (non-hydrogen) atoms. The summed E-state index contributed by atoms with van der Waals surface area (Å²) in [6.45, 7) is 9.01. The van der Waals surface area contributed by atoms with Crippen LogP contribution in [-0.4, -0.2) is 31.4 Å². The highest BCUT2D eigenvalue weighted by molar-refractivity contribution is 7.99. The van der Waals surface area contributed by atoms with Gasteiger partial charge in [0.05, 0.1) is 11.4 Å². The van der Waals surface area contributed by atoms with Gasteiger partial charge < -0.3 is 9.88 Å². The van der Waals surface area contributed by atoms with Gasteiger partial charge in [-0.2, -0.15) is 0 Å². The number of aryl methyl sites for hydroxylation is 3. The van der Waals surface area contributed by atoms with Gasteiger partial charge in [0, 0.05) is 23.1 Å². The van der Waals surface area contributed by atoms with E-state index in [2.05, 4.69) is 78.5 Å². The highest BCUT2D eigenvalue weighted by atomic mass is 32.2. The Hall–Kier alpha value is -2.97. The molecule has 8 heteroatoms. The summed E-state index contributed by atoms with van der Waals surface area (Å²) in [6.07, 6.45) is 0. The number of hydrogen-bond donors (Lipinski definition) is 1. The van der Waals surface area contributed by atoms with Crippen LogP contribution in [0.15, 0.2) is 53.0 Å². The molecule has 0 unspecified atom stereocenters. The molecule has 0 aliphatic rings. The smallest absolute Gasteiger partial charge is 0.236 e. The van der Waals surface area contributed by atoms with E-state index >= 15 is 0 Å². The molecule has 0 aliphatic carbocycles. The minimum atomic E-state index is -0.112. The molecule has 0 fully saturated rings. The summed E-state index contributed by atoms with van der Waals surface area (Å²) in [7, 11) is 0. The van der Waals surface area contributed by atoms with Crippen LogP contribution in [0.5, 0.6) is 0 Å². The normalized spacial score (nSPS) is 11.0. The molecule has 2 heterocycles. The van der Waals surface area contributed by atoms with E-state index in [1.54, 1.807) is 0 Å². The van der Waals surface area contributed by atoms with Gasteiger partial charge in [-0.1, -0.05) is 53.7 Å². The van der Waals surface area contributed by atoms with Gasteiger partial charge in [0.15, 0.2) is 16.1 Å². The van der Waals surface area contributed by atoms with E-state index in [0.29, 0.717) is 5.13 Å². The zero-order chi connectivity index (χ0) is 22.7. The Morgan fingerprint density at radius 3 is 2.50 bits per heavy atom. The summed E-state index contributed by atoms with van der Waals surface area (Å²) < 4.78 is 2.03. The van der Waals surface area contributed by atoms with Crippen molar-refractivity contribution in [2.45, 2.75) is 39.4 Å². The van der Waals surface area contributed by atoms with Crippen molar-refractivity contribution in [1.29, 1.82) is 0 Å².